The van der Waals surface area contributed by atoms with Crippen molar-refractivity contribution in [2.24, 2.45) is 5.41 Å². The molecule has 4 heterocycles. The first-order chi connectivity index (χ1) is 21.1. The Balaban J connectivity index is 1.38. The Bertz CT molecular complexity index is 1680. The minimum absolute atomic E-state index is 0.0131. The van der Waals surface area contributed by atoms with Crippen molar-refractivity contribution in [1.29, 1.82) is 0 Å². The average molecular weight is 608 g/mol. The molecule has 232 valence electrons. The maximum atomic E-state index is 14.8. The van der Waals surface area contributed by atoms with Gasteiger partial charge in [-0.3, -0.25) is 4.79 Å². The first kappa shape index (κ1) is 28.0. The van der Waals surface area contributed by atoms with Crippen LogP contribution in [-0.2, 0) is 11.3 Å². The van der Waals surface area contributed by atoms with Crippen LogP contribution in [0.25, 0.3) is 22.2 Å². The van der Waals surface area contributed by atoms with Crippen LogP contribution < -0.4 is 4.74 Å². The molecule has 4 atom stereocenters. The van der Waals surface area contributed by atoms with Gasteiger partial charge in [0.15, 0.2) is 0 Å². The van der Waals surface area contributed by atoms with Gasteiger partial charge in [0, 0.05) is 59.7 Å². The predicted molar refractivity (Wildman–Crippen MR) is 158 cm³/mol. The molecule has 3 aliphatic heterocycles. The molecule has 0 spiro atoms. The Morgan fingerprint density at radius 2 is 1.70 bits per heavy atom. The van der Waals surface area contributed by atoms with Gasteiger partial charge in [0.2, 0.25) is 5.91 Å². The fraction of sp³-hybridized carbons (Fsp3) is 0.529. The van der Waals surface area contributed by atoms with Crippen molar-refractivity contribution in [1.82, 2.24) is 14.4 Å². The summed E-state index contributed by atoms with van der Waals surface area (Å²) in [6.45, 7) is 1.87. The highest BCUT2D eigenvalue weighted by molar-refractivity contribution is 6.00. The van der Waals surface area contributed by atoms with Gasteiger partial charge in [-0.1, -0.05) is 37.5 Å². The van der Waals surface area contributed by atoms with Crippen molar-refractivity contribution in [2.75, 3.05) is 20.1 Å². The number of likely N-dealkylation sites (tertiary alicyclic amines) is 1. The van der Waals surface area contributed by atoms with Gasteiger partial charge in [-0.15, -0.1) is 13.2 Å². The maximum absolute atomic E-state index is 14.8. The highest BCUT2D eigenvalue weighted by Crippen LogP contribution is 2.68. The predicted octanol–water partition coefficient (Wildman–Crippen LogP) is 6.75. The first-order valence-corrected chi connectivity index (χ1v) is 15.9. The molecule has 2 bridgehead atoms. The summed E-state index contributed by atoms with van der Waals surface area (Å²) in [6.07, 6.45) is 2.57. The van der Waals surface area contributed by atoms with Crippen LogP contribution in [0.15, 0.2) is 36.4 Å². The minimum atomic E-state index is -4.88. The molecule has 4 fully saturated rings. The number of carboxylic acids is 1. The number of carboxylic acid groups (broad SMARTS) is 1. The van der Waals surface area contributed by atoms with E-state index in [2.05, 4.69) is 16.5 Å². The van der Waals surface area contributed by atoms with E-state index in [0.29, 0.717) is 24.1 Å². The smallest absolute Gasteiger partial charge is 0.478 e. The van der Waals surface area contributed by atoms with E-state index >= 15 is 0 Å². The van der Waals surface area contributed by atoms with Gasteiger partial charge in [-0.2, -0.15) is 0 Å². The highest BCUT2D eigenvalue weighted by atomic mass is 19.4. The third kappa shape index (κ3) is 4.19. The molecule has 4 unspecified atom stereocenters. The van der Waals surface area contributed by atoms with Crippen molar-refractivity contribution >= 4 is 22.8 Å². The molecule has 1 aromatic heterocycles. The van der Waals surface area contributed by atoms with Crippen LogP contribution >= 0.6 is 0 Å². The van der Waals surface area contributed by atoms with E-state index in [1.54, 1.807) is 18.2 Å². The van der Waals surface area contributed by atoms with Crippen LogP contribution in [-0.4, -0.2) is 69.9 Å². The molecule has 5 aliphatic rings. The second kappa shape index (κ2) is 9.73. The van der Waals surface area contributed by atoms with E-state index in [4.69, 9.17) is 4.74 Å². The fourth-order valence-electron chi connectivity index (χ4n) is 9.24. The van der Waals surface area contributed by atoms with Crippen molar-refractivity contribution in [3.8, 4) is 17.0 Å². The zero-order chi connectivity index (χ0) is 30.5. The summed E-state index contributed by atoms with van der Waals surface area (Å²) in [5.41, 5.74) is 2.95. The topological polar surface area (TPSA) is 75.0 Å². The van der Waals surface area contributed by atoms with Gasteiger partial charge in [0.1, 0.15) is 5.75 Å². The minimum Gasteiger partial charge on any atom is -0.478 e. The Hall–Kier alpha value is -3.53. The summed E-state index contributed by atoms with van der Waals surface area (Å²) in [5, 5.41) is 10.8. The van der Waals surface area contributed by atoms with E-state index in [0.717, 1.165) is 80.2 Å². The number of alkyl halides is 3. The van der Waals surface area contributed by atoms with E-state index in [1.807, 2.05) is 17.0 Å². The van der Waals surface area contributed by atoms with Crippen LogP contribution in [0, 0.1) is 5.41 Å². The molecule has 44 heavy (non-hydrogen) atoms. The third-order valence-corrected chi connectivity index (χ3v) is 11.1. The second-order valence-electron chi connectivity index (χ2n) is 13.7. The normalized spacial score (nSPS) is 28.3. The van der Waals surface area contributed by atoms with Crippen molar-refractivity contribution in [3.63, 3.8) is 0 Å². The summed E-state index contributed by atoms with van der Waals surface area (Å²) in [7, 11) is 2.07. The quantitative estimate of drug-likeness (QED) is 0.356. The Morgan fingerprint density at radius 3 is 2.39 bits per heavy atom. The standard InChI is InChI=1S/C34H36F3N3O4/c1-38-16-21-11-12-22(17-38)40(21)32(43)33-15-25(33)29-24(8-5-9-27(29)44-34(35,36)37)30-28(19-6-3-2-4-7-19)23-13-10-20(31(41)42)14-26(23)39(30)18-33/h5,8-10,13-14,19,21-22,25H,2-4,6-7,11-12,15-18H2,1H3,(H,41,42). The number of fused-ring (bicyclic) bond motifs is 9. The van der Waals surface area contributed by atoms with Gasteiger partial charge >= 0.3 is 12.3 Å². The zero-order valence-electron chi connectivity index (χ0n) is 24.7. The van der Waals surface area contributed by atoms with Crippen LogP contribution in [0.1, 0.15) is 84.7 Å². The van der Waals surface area contributed by atoms with Crippen molar-refractivity contribution in [2.45, 2.75) is 88.2 Å². The molecule has 2 saturated heterocycles. The molecule has 1 N–H and O–H groups in total. The van der Waals surface area contributed by atoms with Crippen LogP contribution in [0.3, 0.4) is 0 Å². The number of rotatable bonds is 4. The molecule has 1 amide bonds. The number of carbonyl (C=O) groups excluding carboxylic acids is 1. The van der Waals surface area contributed by atoms with Crippen LogP contribution in [0.4, 0.5) is 13.2 Å². The molecule has 8 rings (SSSR count). The lowest BCUT2D eigenvalue weighted by Gasteiger charge is -2.41. The number of ether oxygens (including phenoxy) is 1. The average Bonchev–Trinajstić information content (AvgIpc) is 3.55. The Kier molecular flexibility index (Phi) is 6.19. The molecule has 2 aliphatic carbocycles. The van der Waals surface area contributed by atoms with Gasteiger partial charge in [0.25, 0.3) is 0 Å². The lowest BCUT2D eigenvalue weighted by Crippen LogP contribution is -2.57. The number of benzene rings is 2. The molecule has 10 heteroatoms. The second-order valence-corrected chi connectivity index (χ2v) is 13.7. The van der Waals surface area contributed by atoms with E-state index in [1.165, 1.54) is 6.07 Å². The number of halogens is 3. The monoisotopic (exact) mass is 607 g/mol. The van der Waals surface area contributed by atoms with E-state index < -0.39 is 23.7 Å². The SMILES string of the molecule is CN1CC2CCC(C1)N2C(=O)C12CC1c1c(OC(F)(F)F)cccc1-c1c(C3CCCCC3)c3ccc(C(=O)O)cc3n1C2. The van der Waals surface area contributed by atoms with E-state index in [9.17, 15) is 27.9 Å². The Labute approximate surface area is 253 Å². The van der Waals surface area contributed by atoms with Gasteiger partial charge in [0.05, 0.1) is 16.7 Å². The lowest BCUT2D eigenvalue weighted by molar-refractivity contribution is -0.274. The molecule has 2 aromatic carbocycles. The summed E-state index contributed by atoms with van der Waals surface area (Å²) in [6, 6.07) is 10.2. The summed E-state index contributed by atoms with van der Waals surface area (Å²) < 4.78 is 48.3. The van der Waals surface area contributed by atoms with Crippen molar-refractivity contribution < 1.29 is 32.6 Å². The van der Waals surface area contributed by atoms with E-state index in [-0.39, 0.29) is 35.2 Å². The molecule has 2 saturated carbocycles. The van der Waals surface area contributed by atoms with Gasteiger partial charge in [-0.25, -0.2) is 4.79 Å². The largest absolute Gasteiger partial charge is 0.573 e. The summed E-state index contributed by atoms with van der Waals surface area (Å²) in [4.78, 5) is 31.2. The van der Waals surface area contributed by atoms with Gasteiger partial charge < -0.3 is 24.2 Å². The summed E-state index contributed by atoms with van der Waals surface area (Å²) in [5.74, 6) is -1.51. The maximum Gasteiger partial charge on any atom is 0.573 e. The number of hydrogen-bond acceptors (Lipinski definition) is 4. The molecule has 0 radical (unpaired) electrons. The number of carbonyl (C=O) groups is 2. The number of aromatic carboxylic acids is 1. The molecular weight excluding hydrogens is 571 g/mol. The molecular formula is C34H36F3N3O4. The van der Waals surface area contributed by atoms with Gasteiger partial charge in [-0.05, 0) is 68.8 Å². The van der Waals surface area contributed by atoms with Crippen molar-refractivity contribution in [3.05, 3.63) is 53.1 Å². The third-order valence-electron chi connectivity index (χ3n) is 11.1. The summed E-state index contributed by atoms with van der Waals surface area (Å²) >= 11 is 0. The number of hydrogen-bond donors (Lipinski definition) is 1. The number of piperazine rings is 1. The first-order valence-electron chi connectivity index (χ1n) is 15.9. The zero-order valence-corrected chi connectivity index (χ0v) is 24.7. The van der Waals surface area contributed by atoms with Crippen LogP contribution in [0.5, 0.6) is 5.75 Å². The highest BCUT2D eigenvalue weighted by Gasteiger charge is 2.66. The Morgan fingerprint density at radius 1 is 0.977 bits per heavy atom. The number of nitrogens with zero attached hydrogens (tertiary/aromatic N) is 3. The van der Waals surface area contributed by atoms with Crippen LogP contribution in [0.2, 0.25) is 0 Å². The molecule has 3 aromatic rings. The fourth-order valence-corrected chi connectivity index (χ4v) is 9.24. The lowest BCUT2D eigenvalue weighted by atomic mass is 9.81. The molecule has 7 nitrogen and oxygen atoms in total. The number of aromatic nitrogens is 1. The number of amides is 1. The number of likely N-dealkylation sites (N-methyl/N-ethyl adjacent to an activating group) is 1.